The number of amides is 1. The van der Waals surface area contributed by atoms with E-state index >= 15 is 0 Å². The van der Waals surface area contributed by atoms with Crippen LogP contribution in [0.1, 0.15) is 23.2 Å². The molecule has 0 aliphatic carbocycles. The summed E-state index contributed by atoms with van der Waals surface area (Å²) in [5, 5.41) is 6.40. The maximum Gasteiger partial charge on any atom is 0.294 e. The molecule has 1 aromatic carbocycles. The Balaban J connectivity index is 1.86. The minimum atomic E-state index is -0.333. The molecule has 0 saturated heterocycles. The molecular weight excluding hydrogens is 272 g/mol. The summed E-state index contributed by atoms with van der Waals surface area (Å²) in [6, 6.07) is 8.68. The second kappa shape index (κ2) is 7.44. The van der Waals surface area contributed by atoms with Crippen molar-refractivity contribution in [3.05, 3.63) is 41.8 Å². The molecule has 112 valence electrons. The minimum Gasteiger partial charge on any atom is -0.491 e. The van der Waals surface area contributed by atoms with Crippen molar-refractivity contribution in [2.24, 2.45) is 0 Å². The molecule has 2 rings (SSSR count). The molecule has 0 spiro atoms. The van der Waals surface area contributed by atoms with Crippen molar-refractivity contribution in [2.45, 2.75) is 13.8 Å². The number of anilines is 1. The summed E-state index contributed by atoms with van der Waals surface area (Å²) >= 11 is 0. The number of nitrogens with one attached hydrogen (secondary N) is 1. The fourth-order valence-electron chi connectivity index (χ4n) is 1.66. The summed E-state index contributed by atoms with van der Waals surface area (Å²) in [7, 11) is 0. The molecule has 0 aliphatic heterocycles. The van der Waals surface area contributed by atoms with Gasteiger partial charge in [-0.25, -0.2) is 0 Å². The van der Waals surface area contributed by atoms with Crippen LogP contribution in [0.25, 0.3) is 0 Å². The molecule has 0 saturated carbocycles. The molecular formula is C15H18N2O4. The van der Waals surface area contributed by atoms with Gasteiger partial charge in [0.15, 0.2) is 0 Å². The van der Waals surface area contributed by atoms with Crippen LogP contribution >= 0.6 is 0 Å². The lowest BCUT2D eigenvalue weighted by Crippen LogP contribution is -2.11. The topological polar surface area (TPSA) is 73.6 Å². The van der Waals surface area contributed by atoms with Crippen molar-refractivity contribution >= 4 is 11.6 Å². The maximum absolute atomic E-state index is 11.9. The van der Waals surface area contributed by atoms with Crippen LogP contribution in [0, 0.1) is 6.92 Å². The van der Waals surface area contributed by atoms with E-state index in [9.17, 15) is 4.79 Å². The van der Waals surface area contributed by atoms with E-state index in [-0.39, 0.29) is 11.7 Å². The highest BCUT2D eigenvalue weighted by Crippen LogP contribution is 2.16. The number of carbonyl (C=O) groups is 1. The highest BCUT2D eigenvalue weighted by atomic mass is 16.5. The molecule has 1 N–H and O–H groups in total. The average Bonchev–Trinajstić information content (AvgIpc) is 2.92. The SMILES string of the molecule is CCOCCOc1ccc(NC(=O)c2cc(C)no2)cc1. The van der Waals surface area contributed by atoms with Gasteiger partial charge in [0.2, 0.25) is 5.76 Å². The second-order valence-corrected chi connectivity index (χ2v) is 4.36. The fourth-order valence-corrected chi connectivity index (χ4v) is 1.66. The molecule has 6 heteroatoms. The van der Waals surface area contributed by atoms with Crippen LogP contribution in [0.3, 0.4) is 0 Å². The molecule has 1 aromatic heterocycles. The van der Waals surface area contributed by atoms with Gasteiger partial charge in [-0.1, -0.05) is 5.16 Å². The number of benzene rings is 1. The molecule has 0 fully saturated rings. The zero-order chi connectivity index (χ0) is 15.1. The molecule has 6 nitrogen and oxygen atoms in total. The van der Waals surface area contributed by atoms with E-state index in [2.05, 4.69) is 10.5 Å². The second-order valence-electron chi connectivity index (χ2n) is 4.36. The average molecular weight is 290 g/mol. The summed E-state index contributed by atoms with van der Waals surface area (Å²) < 4.78 is 15.6. The van der Waals surface area contributed by atoms with E-state index in [1.54, 1.807) is 37.3 Å². The van der Waals surface area contributed by atoms with Gasteiger partial charge in [0.05, 0.1) is 12.3 Å². The Morgan fingerprint density at radius 1 is 1.29 bits per heavy atom. The lowest BCUT2D eigenvalue weighted by atomic mass is 10.3. The number of rotatable bonds is 7. The third-order valence-electron chi connectivity index (χ3n) is 2.66. The number of ether oxygens (including phenoxy) is 2. The Morgan fingerprint density at radius 3 is 2.67 bits per heavy atom. The number of hydrogen-bond donors (Lipinski definition) is 1. The predicted octanol–water partition coefficient (Wildman–Crippen LogP) is 2.65. The molecule has 0 bridgehead atoms. The van der Waals surface area contributed by atoms with E-state index < -0.39 is 0 Å². The molecule has 0 unspecified atom stereocenters. The van der Waals surface area contributed by atoms with E-state index in [4.69, 9.17) is 14.0 Å². The van der Waals surface area contributed by atoms with Gasteiger partial charge in [0, 0.05) is 18.4 Å². The van der Waals surface area contributed by atoms with Gasteiger partial charge >= 0.3 is 0 Å². The van der Waals surface area contributed by atoms with Gasteiger partial charge in [-0.2, -0.15) is 0 Å². The number of carbonyl (C=O) groups excluding carboxylic acids is 1. The zero-order valence-corrected chi connectivity index (χ0v) is 12.1. The Labute approximate surface area is 123 Å². The first-order chi connectivity index (χ1) is 10.2. The smallest absolute Gasteiger partial charge is 0.294 e. The van der Waals surface area contributed by atoms with Crippen LogP contribution in [0.4, 0.5) is 5.69 Å². The van der Waals surface area contributed by atoms with Crippen molar-refractivity contribution in [3.8, 4) is 5.75 Å². The van der Waals surface area contributed by atoms with Crippen LogP contribution in [-0.2, 0) is 4.74 Å². The third kappa shape index (κ3) is 4.61. The number of aryl methyl sites for hydroxylation is 1. The van der Waals surface area contributed by atoms with Gasteiger partial charge in [0.1, 0.15) is 12.4 Å². The van der Waals surface area contributed by atoms with Gasteiger partial charge < -0.3 is 19.3 Å². The van der Waals surface area contributed by atoms with Gasteiger partial charge in [-0.3, -0.25) is 4.79 Å². The van der Waals surface area contributed by atoms with Crippen molar-refractivity contribution in [2.75, 3.05) is 25.1 Å². The zero-order valence-electron chi connectivity index (χ0n) is 12.1. The quantitative estimate of drug-likeness (QED) is 0.793. The fraction of sp³-hybridized carbons (Fsp3) is 0.333. The molecule has 0 radical (unpaired) electrons. The molecule has 1 amide bonds. The number of nitrogens with zero attached hydrogens (tertiary/aromatic N) is 1. The highest BCUT2D eigenvalue weighted by molar-refractivity contribution is 6.02. The summed E-state index contributed by atoms with van der Waals surface area (Å²) in [6.45, 7) is 5.42. The first-order valence-corrected chi connectivity index (χ1v) is 6.74. The number of hydrogen-bond acceptors (Lipinski definition) is 5. The van der Waals surface area contributed by atoms with Gasteiger partial charge in [-0.05, 0) is 38.1 Å². The van der Waals surface area contributed by atoms with Crippen LogP contribution in [0.2, 0.25) is 0 Å². The Kier molecular flexibility index (Phi) is 5.34. The molecule has 21 heavy (non-hydrogen) atoms. The Hall–Kier alpha value is -2.34. The predicted molar refractivity (Wildman–Crippen MR) is 77.6 cm³/mol. The number of aromatic nitrogens is 1. The summed E-state index contributed by atoms with van der Waals surface area (Å²) in [5.41, 5.74) is 1.32. The van der Waals surface area contributed by atoms with E-state index in [0.29, 0.717) is 31.2 Å². The van der Waals surface area contributed by atoms with Crippen LogP contribution < -0.4 is 10.1 Å². The molecule has 0 atom stereocenters. The Morgan fingerprint density at radius 2 is 2.05 bits per heavy atom. The third-order valence-corrected chi connectivity index (χ3v) is 2.66. The van der Waals surface area contributed by atoms with Crippen LogP contribution in [-0.4, -0.2) is 30.9 Å². The van der Waals surface area contributed by atoms with Crippen molar-refractivity contribution < 1.29 is 18.8 Å². The lowest BCUT2D eigenvalue weighted by Gasteiger charge is -2.07. The summed E-state index contributed by atoms with van der Waals surface area (Å²) in [5.74, 6) is 0.577. The monoisotopic (exact) mass is 290 g/mol. The first-order valence-electron chi connectivity index (χ1n) is 6.74. The largest absolute Gasteiger partial charge is 0.491 e. The maximum atomic E-state index is 11.9. The first kappa shape index (κ1) is 15.1. The highest BCUT2D eigenvalue weighted by Gasteiger charge is 2.11. The normalized spacial score (nSPS) is 10.4. The van der Waals surface area contributed by atoms with Crippen LogP contribution in [0.15, 0.2) is 34.9 Å². The van der Waals surface area contributed by atoms with Crippen molar-refractivity contribution in [1.82, 2.24) is 5.16 Å². The summed E-state index contributed by atoms with van der Waals surface area (Å²) in [6.07, 6.45) is 0. The van der Waals surface area contributed by atoms with E-state index in [0.717, 1.165) is 5.75 Å². The summed E-state index contributed by atoms with van der Waals surface area (Å²) in [4.78, 5) is 11.9. The van der Waals surface area contributed by atoms with E-state index in [1.807, 2.05) is 6.92 Å². The van der Waals surface area contributed by atoms with Crippen molar-refractivity contribution in [3.63, 3.8) is 0 Å². The standard InChI is InChI=1S/C15H18N2O4/c1-3-19-8-9-20-13-6-4-12(5-7-13)16-15(18)14-10-11(2)17-21-14/h4-7,10H,3,8-9H2,1-2H3,(H,16,18). The van der Waals surface area contributed by atoms with Crippen LogP contribution in [0.5, 0.6) is 5.75 Å². The van der Waals surface area contributed by atoms with Gasteiger partial charge in [-0.15, -0.1) is 0 Å². The lowest BCUT2D eigenvalue weighted by molar-refractivity contribution is 0.0988. The molecule has 2 aromatic rings. The molecule has 1 heterocycles. The van der Waals surface area contributed by atoms with E-state index in [1.165, 1.54) is 0 Å². The Bertz CT molecular complexity index is 578. The minimum absolute atomic E-state index is 0.185. The van der Waals surface area contributed by atoms with Crippen molar-refractivity contribution in [1.29, 1.82) is 0 Å². The molecule has 0 aliphatic rings. The van der Waals surface area contributed by atoms with Gasteiger partial charge in [0.25, 0.3) is 5.91 Å².